The number of nitrogens with zero attached hydrogens (tertiary/aromatic N) is 3. The molecule has 1 heterocycles. The van der Waals surface area contributed by atoms with Gasteiger partial charge in [-0.2, -0.15) is 5.10 Å². The normalized spacial score (nSPS) is 10.4. The average molecular weight is 279 g/mol. The number of anilines is 1. The lowest BCUT2D eigenvalue weighted by molar-refractivity contribution is 0.627. The number of nitrogens with two attached hydrogens (primary N) is 1. The zero-order valence-electron chi connectivity index (χ0n) is 10.4. The Balaban J connectivity index is 2.01. The molecule has 0 spiro atoms. The molecule has 7 heteroatoms. The number of rotatable bonds is 5. The first-order valence-electron chi connectivity index (χ1n) is 5.74. The van der Waals surface area contributed by atoms with Crippen LogP contribution in [0.5, 0.6) is 0 Å². The third-order valence-corrected chi connectivity index (χ3v) is 2.78. The van der Waals surface area contributed by atoms with Gasteiger partial charge in [0.25, 0.3) is 0 Å². The summed E-state index contributed by atoms with van der Waals surface area (Å²) in [5, 5.41) is 7.32. The summed E-state index contributed by atoms with van der Waals surface area (Å²) in [6.07, 6.45) is 2.31. The summed E-state index contributed by atoms with van der Waals surface area (Å²) in [6, 6.07) is 4.31. The average Bonchev–Trinajstić information content (AvgIpc) is 2.77. The fourth-order valence-corrected chi connectivity index (χ4v) is 1.85. The number of thiocarbonyl (C=S) groups is 1. The highest BCUT2D eigenvalue weighted by Crippen LogP contribution is 2.16. The molecule has 1 aromatic carbocycles. The molecule has 0 atom stereocenters. The molecule has 100 valence electrons. The Morgan fingerprint density at radius 1 is 1.53 bits per heavy atom. The summed E-state index contributed by atoms with van der Waals surface area (Å²) in [6.45, 7) is 0.616. The molecule has 0 aliphatic rings. The van der Waals surface area contributed by atoms with Crippen molar-refractivity contribution in [2.24, 2.45) is 12.8 Å². The first kappa shape index (κ1) is 13.4. The Hall–Kier alpha value is -2.02. The van der Waals surface area contributed by atoms with E-state index in [4.69, 9.17) is 18.0 Å². The summed E-state index contributed by atoms with van der Waals surface area (Å²) >= 11 is 4.90. The lowest BCUT2D eigenvalue weighted by atomic mass is 10.1. The van der Waals surface area contributed by atoms with Crippen LogP contribution in [-0.2, 0) is 13.5 Å². The van der Waals surface area contributed by atoms with Gasteiger partial charge in [0.1, 0.15) is 17.1 Å². The van der Waals surface area contributed by atoms with Crippen LogP contribution in [0.25, 0.3) is 0 Å². The molecule has 0 radical (unpaired) electrons. The summed E-state index contributed by atoms with van der Waals surface area (Å²) in [4.78, 5) is 4.28. The summed E-state index contributed by atoms with van der Waals surface area (Å²) in [7, 11) is 1.81. The van der Waals surface area contributed by atoms with Crippen molar-refractivity contribution < 1.29 is 4.39 Å². The molecule has 5 nitrogen and oxygen atoms in total. The quantitative estimate of drug-likeness (QED) is 0.806. The predicted molar refractivity (Wildman–Crippen MR) is 75.5 cm³/mol. The van der Waals surface area contributed by atoms with Crippen molar-refractivity contribution in [1.29, 1.82) is 0 Å². The van der Waals surface area contributed by atoms with Crippen molar-refractivity contribution in [3.05, 3.63) is 41.7 Å². The van der Waals surface area contributed by atoms with Crippen molar-refractivity contribution in [1.82, 2.24) is 14.8 Å². The van der Waals surface area contributed by atoms with Crippen LogP contribution in [-0.4, -0.2) is 26.3 Å². The number of hydrogen-bond donors (Lipinski definition) is 2. The highest BCUT2D eigenvalue weighted by molar-refractivity contribution is 7.80. The lowest BCUT2D eigenvalue weighted by Gasteiger charge is -2.10. The standard InChI is InChI=1S/C12H14FN5S/c1-18-7-16-11(17-18)4-5-15-10-3-2-8(13)6-9(10)12(14)19/h2-3,6-7,15H,4-5H2,1H3,(H2,14,19). The molecule has 0 amide bonds. The minimum Gasteiger partial charge on any atom is -0.389 e. The zero-order chi connectivity index (χ0) is 13.8. The lowest BCUT2D eigenvalue weighted by Crippen LogP contribution is -2.15. The van der Waals surface area contributed by atoms with E-state index in [-0.39, 0.29) is 10.8 Å². The highest BCUT2D eigenvalue weighted by atomic mass is 32.1. The second-order valence-electron chi connectivity index (χ2n) is 4.07. The SMILES string of the molecule is Cn1cnc(CCNc2ccc(F)cc2C(N)=S)n1. The van der Waals surface area contributed by atoms with Crippen LogP contribution in [0.4, 0.5) is 10.1 Å². The van der Waals surface area contributed by atoms with Crippen molar-refractivity contribution in [3.63, 3.8) is 0 Å². The number of nitrogens with one attached hydrogen (secondary N) is 1. The maximum absolute atomic E-state index is 13.1. The molecule has 0 saturated heterocycles. The molecule has 0 bridgehead atoms. The first-order valence-corrected chi connectivity index (χ1v) is 6.15. The molecule has 0 unspecified atom stereocenters. The van der Waals surface area contributed by atoms with E-state index >= 15 is 0 Å². The monoisotopic (exact) mass is 279 g/mol. The smallest absolute Gasteiger partial charge is 0.152 e. The van der Waals surface area contributed by atoms with Crippen molar-refractivity contribution >= 4 is 22.9 Å². The summed E-state index contributed by atoms with van der Waals surface area (Å²) < 4.78 is 14.8. The molecule has 0 aliphatic carbocycles. The molecule has 0 fully saturated rings. The van der Waals surface area contributed by atoms with Gasteiger partial charge in [0.15, 0.2) is 5.82 Å². The van der Waals surface area contributed by atoms with E-state index in [0.717, 1.165) is 5.82 Å². The molecule has 2 rings (SSSR count). The van der Waals surface area contributed by atoms with Gasteiger partial charge in [0, 0.05) is 31.3 Å². The largest absolute Gasteiger partial charge is 0.389 e. The topological polar surface area (TPSA) is 68.8 Å². The summed E-state index contributed by atoms with van der Waals surface area (Å²) in [5.41, 5.74) is 6.78. The van der Waals surface area contributed by atoms with Crippen molar-refractivity contribution in [2.75, 3.05) is 11.9 Å². The maximum Gasteiger partial charge on any atom is 0.152 e. The Morgan fingerprint density at radius 3 is 2.95 bits per heavy atom. The van der Waals surface area contributed by atoms with Crippen LogP contribution in [0.15, 0.2) is 24.5 Å². The second kappa shape index (κ2) is 5.75. The molecular weight excluding hydrogens is 265 g/mol. The molecule has 1 aromatic heterocycles. The van der Waals surface area contributed by atoms with Crippen LogP contribution in [0.2, 0.25) is 0 Å². The molecule has 0 saturated carbocycles. The number of benzene rings is 1. The molecule has 2 aromatic rings. The van der Waals surface area contributed by atoms with E-state index in [9.17, 15) is 4.39 Å². The highest BCUT2D eigenvalue weighted by Gasteiger charge is 2.07. The second-order valence-corrected chi connectivity index (χ2v) is 4.51. The minimum atomic E-state index is -0.361. The zero-order valence-corrected chi connectivity index (χ0v) is 11.2. The minimum absolute atomic E-state index is 0.165. The van der Waals surface area contributed by atoms with E-state index < -0.39 is 0 Å². The third-order valence-electron chi connectivity index (χ3n) is 2.56. The van der Waals surface area contributed by atoms with Gasteiger partial charge in [-0.05, 0) is 18.2 Å². The Kier molecular flexibility index (Phi) is 4.06. The predicted octanol–water partition coefficient (Wildman–Crippen LogP) is 1.24. The fraction of sp³-hybridized carbons (Fsp3) is 0.250. The van der Waals surface area contributed by atoms with Gasteiger partial charge in [-0.25, -0.2) is 9.37 Å². The van der Waals surface area contributed by atoms with Crippen LogP contribution in [0, 0.1) is 5.82 Å². The number of hydrogen-bond acceptors (Lipinski definition) is 4. The van der Waals surface area contributed by atoms with E-state index in [0.29, 0.717) is 24.2 Å². The Morgan fingerprint density at radius 2 is 2.32 bits per heavy atom. The molecule has 0 aliphatic heterocycles. The number of aryl methyl sites for hydroxylation is 1. The fourth-order valence-electron chi connectivity index (χ4n) is 1.68. The van der Waals surface area contributed by atoms with Crippen LogP contribution < -0.4 is 11.1 Å². The molecular formula is C12H14FN5S. The van der Waals surface area contributed by atoms with E-state index in [1.165, 1.54) is 12.1 Å². The number of aromatic nitrogens is 3. The number of halogens is 1. The van der Waals surface area contributed by atoms with Crippen molar-refractivity contribution in [2.45, 2.75) is 6.42 Å². The van der Waals surface area contributed by atoms with Crippen molar-refractivity contribution in [3.8, 4) is 0 Å². The third kappa shape index (κ3) is 3.47. The summed E-state index contributed by atoms with van der Waals surface area (Å²) in [5.74, 6) is 0.383. The van der Waals surface area contributed by atoms with Gasteiger partial charge in [-0.3, -0.25) is 4.68 Å². The first-order chi connectivity index (χ1) is 9.06. The van der Waals surface area contributed by atoms with Gasteiger partial charge in [0.05, 0.1) is 0 Å². The maximum atomic E-state index is 13.1. The molecule has 19 heavy (non-hydrogen) atoms. The van der Waals surface area contributed by atoms with Gasteiger partial charge < -0.3 is 11.1 Å². The van der Waals surface area contributed by atoms with E-state index in [1.54, 1.807) is 17.1 Å². The van der Waals surface area contributed by atoms with E-state index in [2.05, 4.69) is 15.4 Å². The van der Waals surface area contributed by atoms with Gasteiger partial charge in [0.2, 0.25) is 0 Å². The Bertz CT molecular complexity index is 596. The van der Waals surface area contributed by atoms with Gasteiger partial charge in [-0.15, -0.1) is 0 Å². The van der Waals surface area contributed by atoms with Gasteiger partial charge in [-0.1, -0.05) is 12.2 Å². The van der Waals surface area contributed by atoms with Crippen LogP contribution in [0.3, 0.4) is 0 Å². The van der Waals surface area contributed by atoms with Crippen LogP contribution in [0.1, 0.15) is 11.4 Å². The van der Waals surface area contributed by atoms with Crippen LogP contribution >= 0.6 is 12.2 Å². The molecule has 3 N–H and O–H groups in total. The van der Waals surface area contributed by atoms with Gasteiger partial charge >= 0.3 is 0 Å². The van der Waals surface area contributed by atoms with E-state index in [1.807, 2.05) is 7.05 Å². The Labute approximate surface area is 115 Å².